The fourth-order valence-corrected chi connectivity index (χ4v) is 3.75. The Bertz CT molecular complexity index is 1150. The molecular weight excluding hydrogens is 280 g/mol. The molecule has 5 rings (SSSR count). The van der Waals surface area contributed by atoms with Gasteiger partial charge in [-0.1, -0.05) is 66.7 Å². The maximum absolute atomic E-state index is 11.8. The van der Waals surface area contributed by atoms with E-state index in [1.54, 1.807) is 6.08 Å². The van der Waals surface area contributed by atoms with Crippen LogP contribution in [0.3, 0.4) is 0 Å². The number of ketones is 1. The maximum atomic E-state index is 11.8. The lowest BCUT2D eigenvalue weighted by atomic mass is 9.88. The summed E-state index contributed by atoms with van der Waals surface area (Å²) in [6.45, 7) is 0. The largest absolute Gasteiger partial charge is 0.294 e. The second kappa shape index (κ2) is 4.53. The van der Waals surface area contributed by atoms with Gasteiger partial charge in [0.2, 0.25) is 0 Å². The van der Waals surface area contributed by atoms with Crippen LogP contribution in [0.25, 0.3) is 38.4 Å². The van der Waals surface area contributed by atoms with Crippen LogP contribution in [0, 0.1) is 0 Å². The summed E-state index contributed by atoms with van der Waals surface area (Å²) in [7, 11) is 0. The van der Waals surface area contributed by atoms with E-state index >= 15 is 0 Å². The minimum atomic E-state index is 0.184. The summed E-state index contributed by atoms with van der Waals surface area (Å²) in [5.74, 6) is 0.184. The molecule has 1 aliphatic carbocycles. The molecule has 0 radical (unpaired) electrons. The van der Waals surface area contributed by atoms with Crippen LogP contribution in [0.2, 0.25) is 0 Å². The second-order valence-electron chi connectivity index (χ2n) is 6.15. The van der Waals surface area contributed by atoms with E-state index in [-0.39, 0.29) is 5.78 Å². The fraction of sp³-hybridized carbons (Fsp3) is 0.0455. The van der Waals surface area contributed by atoms with E-state index < -0.39 is 0 Å². The van der Waals surface area contributed by atoms with Crippen LogP contribution in [-0.2, 0) is 11.2 Å². The summed E-state index contributed by atoms with van der Waals surface area (Å²) in [4.78, 5) is 11.8. The molecule has 4 aromatic carbocycles. The van der Waals surface area contributed by atoms with Crippen molar-refractivity contribution in [3.05, 3.63) is 77.9 Å². The minimum Gasteiger partial charge on any atom is -0.294 e. The van der Waals surface area contributed by atoms with Crippen LogP contribution >= 0.6 is 0 Å². The van der Waals surface area contributed by atoms with Gasteiger partial charge in [-0.2, -0.15) is 0 Å². The van der Waals surface area contributed by atoms with Crippen LogP contribution in [0.1, 0.15) is 11.1 Å². The van der Waals surface area contributed by atoms with Crippen molar-refractivity contribution in [3.8, 4) is 0 Å². The van der Waals surface area contributed by atoms with Gasteiger partial charge in [0.05, 0.1) is 0 Å². The average Bonchev–Trinajstić information content (AvgIpc) is 2.60. The molecule has 0 atom stereocenters. The number of allylic oxidation sites excluding steroid dienone is 1. The van der Waals surface area contributed by atoms with Gasteiger partial charge in [0.15, 0.2) is 5.78 Å². The SMILES string of the molecule is O=C1C=Cc2ccc3c(ccc4c5ccccc5ccc34)c2C1. The zero-order chi connectivity index (χ0) is 15.4. The zero-order valence-corrected chi connectivity index (χ0v) is 12.5. The van der Waals surface area contributed by atoms with E-state index in [1.807, 2.05) is 6.08 Å². The van der Waals surface area contributed by atoms with Gasteiger partial charge in [0.25, 0.3) is 0 Å². The Morgan fingerprint density at radius 1 is 0.609 bits per heavy atom. The first-order valence-electron chi connectivity index (χ1n) is 7.88. The summed E-state index contributed by atoms with van der Waals surface area (Å²) in [5.41, 5.74) is 2.32. The van der Waals surface area contributed by atoms with E-state index in [2.05, 4.69) is 60.7 Å². The molecular formula is C22H14O. The molecule has 0 saturated carbocycles. The molecule has 0 aliphatic heterocycles. The highest BCUT2D eigenvalue weighted by Crippen LogP contribution is 2.34. The van der Waals surface area contributed by atoms with Crippen molar-refractivity contribution < 1.29 is 4.79 Å². The van der Waals surface area contributed by atoms with Crippen LogP contribution < -0.4 is 0 Å². The lowest BCUT2D eigenvalue weighted by molar-refractivity contribution is -0.114. The third-order valence-corrected chi connectivity index (χ3v) is 4.87. The van der Waals surface area contributed by atoms with Gasteiger partial charge in [-0.15, -0.1) is 0 Å². The van der Waals surface area contributed by atoms with E-state index in [0.29, 0.717) is 6.42 Å². The third kappa shape index (κ3) is 1.77. The Kier molecular flexibility index (Phi) is 2.48. The molecule has 0 bridgehead atoms. The van der Waals surface area contributed by atoms with Gasteiger partial charge < -0.3 is 0 Å². The number of carbonyl (C=O) groups excluding carboxylic acids is 1. The third-order valence-electron chi connectivity index (χ3n) is 4.87. The van der Waals surface area contributed by atoms with Crippen molar-refractivity contribution in [2.24, 2.45) is 0 Å². The monoisotopic (exact) mass is 294 g/mol. The number of carbonyl (C=O) groups is 1. The fourth-order valence-electron chi connectivity index (χ4n) is 3.75. The Morgan fingerprint density at radius 2 is 1.30 bits per heavy atom. The van der Waals surface area contributed by atoms with Crippen LogP contribution in [0.5, 0.6) is 0 Å². The molecule has 0 unspecified atom stereocenters. The Balaban J connectivity index is 1.94. The first-order valence-corrected chi connectivity index (χ1v) is 7.88. The van der Waals surface area contributed by atoms with Gasteiger partial charge in [-0.3, -0.25) is 4.79 Å². The highest BCUT2D eigenvalue weighted by molar-refractivity contribution is 6.18. The summed E-state index contributed by atoms with van der Waals surface area (Å²) in [5, 5.41) is 7.49. The van der Waals surface area contributed by atoms with Crippen molar-refractivity contribution in [2.75, 3.05) is 0 Å². The molecule has 0 spiro atoms. The molecule has 0 amide bonds. The van der Waals surface area contributed by atoms with Crippen molar-refractivity contribution in [1.29, 1.82) is 0 Å². The Morgan fingerprint density at radius 3 is 2.26 bits per heavy atom. The molecule has 1 heteroatoms. The molecule has 0 saturated heterocycles. The summed E-state index contributed by atoms with van der Waals surface area (Å²) in [6.07, 6.45) is 4.12. The quantitative estimate of drug-likeness (QED) is 0.403. The van der Waals surface area contributed by atoms with Crippen molar-refractivity contribution in [3.63, 3.8) is 0 Å². The van der Waals surface area contributed by atoms with E-state index in [0.717, 1.165) is 11.1 Å². The number of hydrogen-bond acceptors (Lipinski definition) is 1. The number of rotatable bonds is 0. The van der Waals surface area contributed by atoms with Gasteiger partial charge in [-0.05, 0) is 49.5 Å². The second-order valence-corrected chi connectivity index (χ2v) is 6.15. The van der Waals surface area contributed by atoms with E-state index in [4.69, 9.17) is 0 Å². The first-order chi connectivity index (χ1) is 11.3. The predicted octanol–water partition coefficient (Wildman–Crippen LogP) is 5.28. The predicted molar refractivity (Wildman–Crippen MR) is 96.7 cm³/mol. The minimum absolute atomic E-state index is 0.184. The average molecular weight is 294 g/mol. The molecule has 0 heterocycles. The number of benzene rings is 4. The van der Waals surface area contributed by atoms with Gasteiger partial charge in [0, 0.05) is 6.42 Å². The first kappa shape index (κ1) is 12.6. The van der Waals surface area contributed by atoms with Crippen molar-refractivity contribution in [2.45, 2.75) is 6.42 Å². The van der Waals surface area contributed by atoms with Gasteiger partial charge in [-0.25, -0.2) is 0 Å². The van der Waals surface area contributed by atoms with Crippen LogP contribution in [-0.4, -0.2) is 5.78 Å². The number of fused-ring (bicyclic) bond motifs is 7. The molecule has 0 fully saturated rings. The molecule has 23 heavy (non-hydrogen) atoms. The topological polar surface area (TPSA) is 17.1 Å². The van der Waals surface area contributed by atoms with Crippen molar-refractivity contribution >= 4 is 44.2 Å². The Hall–Kier alpha value is -2.93. The number of hydrogen-bond donors (Lipinski definition) is 0. The molecule has 0 N–H and O–H groups in total. The molecule has 108 valence electrons. The summed E-state index contributed by atoms with van der Waals surface area (Å²) >= 11 is 0. The normalized spacial score (nSPS) is 13.8. The zero-order valence-electron chi connectivity index (χ0n) is 12.5. The smallest absolute Gasteiger partial charge is 0.160 e. The molecule has 0 aromatic heterocycles. The van der Waals surface area contributed by atoms with E-state index in [1.165, 1.54) is 32.3 Å². The van der Waals surface area contributed by atoms with Gasteiger partial charge >= 0.3 is 0 Å². The van der Waals surface area contributed by atoms with Crippen LogP contribution in [0.4, 0.5) is 0 Å². The van der Waals surface area contributed by atoms with Gasteiger partial charge in [0.1, 0.15) is 0 Å². The maximum Gasteiger partial charge on any atom is 0.160 e. The van der Waals surface area contributed by atoms with E-state index in [9.17, 15) is 4.79 Å². The summed E-state index contributed by atoms with van der Waals surface area (Å²) in [6, 6.07) is 21.6. The molecule has 1 nitrogen and oxygen atoms in total. The van der Waals surface area contributed by atoms with Crippen LogP contribution in [0.15, 0.2) is 66.7 Å². The lowest BCUT2D eigenvalue weighted by Gasteiger charge is -2.15. The molecule has 1 aliphatic rings. The van der Waals surface area contributed by atoms with Crippen molar-refractivity contribution in [1.82, 2.24) is 0 Å². The lowest BCUT2D eigenvalue weighted by Crippen LogP contribution is -2.05. The highest BCUT2D eigenvalue weighted by Gasteiger charge is 2.15. The Labute approximate surface area is 133 Å². The summed E-state index contributed by atoms with van der Waals surface area (Å²) < 4.78 is 0. The molecule has 4 aromatic rings. The highest BCUT2D eigenvalue weighted by atomic mass is 16.1. The standard InChI is InChI=1S/C22H14O/c23-16-8-5-15-7-10-20-19-9-6-14-3-1-2-4-17(14)18(19)11-12-21(20)22(15)13-16/h1-12H,13H2.